The van der Waals surface area contributed by atoms with Gasteiger partial charge in [-0.2, -0.15) is 0 Å². The van der Waals surface area contributed by atoms with Crippen molar-refractivity contribution in [2.45, 2.75) is 0 Å². The van der Waals surface area contributed by atoms with Crippen molar-refractivity contribution >= 4 is 28.0 Å². The molecule has 1 aliphatic heterocycles. The molecule has 0 aromatic rings. The van der Waals surface area contributed by atoms with Crippen molar-refractivity contribution in [1.29, 1.82) is 0 Å². The largest absolute Gasteiger partial charge is 0.237 e. The van der Waals surface area contributed by atoms with Crippen LogP contribution in [0.4, 0.5) is 0 Å². The average Bonchev–Trinajstić information content (AvgIpc) is 1.76. The standard InChI is InChI=1S/C2H2BS2/c1-2-4-5-3-1/h1-2H. The Bertz CT molecular complexity index is 45.6. The van der Waals surface area contributed by atoms with Crippen LogP contribution in [0.1, 0.15) is 0 Å². The molecule has 0 saturated heterocycles. The maximum absolute atomic E-state index is 2.06. The molecule has 0 aromatic carbocycles. The fraction of sp³-hybridized carbons (Fsp3) is 0. The van der Waals surface area contributed by atoms with Crippen molar-refractivity contribution in [3.05, 3.63) is 11.4 Å². The van der Waals surface area contributed by atoms with Gasteiger partial charge in [-0.1, -0.05) is 10.8 Å². The lowest BCUT2D eigenvalue weighted by Gasteiger charge is -1.68. The lowest BCUT2D eigenvalue weighted by molar-refractivity contribution is 2.55. The zero-order chi connectivity index (χ0) is 3.54. The van der Waals surface area contributed by atoms with E-state index in [1.54, 1.807) is 21.4 Å². The first-order valence-electron chi connectivity index (χ1n) is 1.30. The first kappa shape index (κ1) is 3.69. The van der Waals surface area contributed by atoms with Gasteiger partial charge in [-0.25, -0.2) is 0 Å². The molecular formula is C2H2BS2. The van der Waals surface area contributed by atoms with Crippen LogP contribution < -0.4 is 0 Å². The summed E-state index contributed by atoms with van der Waals surface area (Å²) in [5.41, 5.74) is 0. The van der Waals surface area contributed by atoms with Gasteiger partial charge in [-0.05, 0) is 5.41 Å². The van der Waals surface area contributed by atoms with Crippen LogP contribution in [0.3, 0.4) is 0 Å². The van der Waals surface area contributed by atoms with Gasteiger partial charge in [0.2, 0.25) is 6.56 Å². The van der Waals surface area contributed by atoms with Crippen molar-refractivity contribution in [2.75, 3.05) is 0 Å². The zero-order valence-corrected chi connectivity index (χ0v) is 4.18. The second-order valence-corrected chi connectivity index (χ2v) is 2.74. The maximum atomic E-state index is 2.06. The van der Waals surface area contributed by atoms with Crippen molar-refractivity contribution in [1.82, 2.24) is 0 Å². The first-order chi connectivity index (χ1) is 2.50. The fourth-order valence-corrected chi connectivity index (χ4v) is 1.44. The molecule has 1 heterocycles. The number of hydrogen-bond donors (Lipinski definition) is 0. The van der Waals surface area contributed by atoms with E-state index in [9.17, 15) is 0 Å². The predicted octanol–water partition coefficient (Wildman–Crippen LogP) is 1.47. The van der Waals surface area contributed by atoms with E-state index < -0.39 is 0 Å². The van der Waals surface area contributed by atoms with E-state index in [0.29, 0.717) is 0 Å². The van der Waals surface area contributed by atoms with Gasteiger partial charge in [0.1, 0.15) is 0 Å². The average molecular weight is 101 g/mol. The Labute approximate surface area is 39.9 Å². The zero-order valence-electron chi connectivity index (χ0n) is 2.55. The van der Waals surface area contributed by atoms with E-state index in [4.69, 9.17) is 0 Å². The molecule has 0 aliphatic carbocycles. The number of rotatable bonds is 0. The van der Waals surface area contributed by atoms with Gasteiger partial charge in [0.25, 0.3) is 0 Å². The van der Waals surface area contributed by atoms with Crippen LogP contribution in [0.5, 0.6) is 0 Å². The highest BCUT2D eigenvalue weighted by Gasteiger charge is 1.89. The van der Waals surface area contributed by atoms with Crippen LogP contribution in [0.25, 0.3) is 0 Å². The van der Waals surface area contributed by atoms with E-state index in [1.807, 2.05) is 5.98 Å². The topological polar surface area (TPSA) is 0 Å². The molecule has 0 nitrogen and oxygen atoms in total. The van der Waals surface area contributed by atoms with Crippen LogP contribution in [0.2, 0.25) is 0 Å². The van der Waals surface area contributed by atoms with Gasteiger partial charge >= 0.3 is 0 Å². The van der Waals surface area contributed by atoms with E-state index in [0.717, 1.165) is 0 Å². The van der Waals surface area contributed by atoms with E-state index in [2.05, 4.69) is 12.0 Å². The normalized spacial score (nSPS) is 19.2. The Morgan fingerprint density at radius 1 is 1.60 bits per heavy atom. The molecule has 0 N–H and O–H groups in total. The van der Waals surface area contributed by atoms with Crippen LogP contribution in [0.15, 0.2) is 11.4 Å². The molecule has 25 valence electrons. The highest BCUT2D eigenvalue weighted by Crippen LogP contribution is 2.25. The molecule has 1 aliphatic rings. The molecule has 0 saturated carbocycles. The molecule has 0 amide bonds. The van der Waals surface area contributed by atoms with Gasteiger partial charge in [-0.15, -0.1) is 16.6 Å². The molecular weight excluding hydrogens is 99.0 g/mol. The predicted molar refractivity (Wildman–Crippen MR) is 30.1 cm³/mol. The van der Waals surface area contributed by atoms with E-state index in [-0.39, 0.29) is 0 Å². The first-order valence-corrected chi connectivity index (χ1v) is 3.58. The minimum atomic E-state index is 1.75. The summed E-state index contributed by atoms with van der Waals surface area (Å²) in [4.78, 5) is 0. The van der Waals surface area contributed by atoms with Crippen LogP contribution in [0, 0.1) is 0 Å². The summed E-state index contributed by atoms with van der Waals surface area (Å²) in [5.74, 6) is 2.04. The van der Waals surface area contributed by atoms with Crippen molar-refractivity contribution in [3.8, 4) is 0 Å². The van der Waals surface area contributed by atoms with Crippen LogP contribution in [-0.2, 0) is 0 Å². The van der Waals surface area contributed by atoms with Crippen molar-refractivity contribution < 1.29 is 0 Å². The molecule has 0 bridgehead atoms. The Morgan fingerprint density at radius 3 is 2.80 bits per heavy atom. The Balaban J connectivity index is 2.32. The third kappa shape index (κ3) is 0.933. The maximum Gasteiger partial charge on any atom is 0.237 e. The SMILES string of the molecule is [B]1C=CSS1. The smallest absolute Gasteiger partial charge is 0.143 e. The molecule has 0 atom stereocenters. The quantitative estimate of drug-likeness (QED) is 0.334. The van der Waals surface area contributed by atoms with Gasteiger partial charge in [0, 0.05) is 0 Å². The Morgan fingerprint density at radius 2 is 2.60 bits per heavy atom. The fourth-order valence-electron chi connectivity index (χ4n) is 0.160. The number of hydrogen-bond acceptors (Lipinski definition) is 2. The summed E-state index contributed by atoms with van der Waals surface area (Å²) in [7, 11) is 3.51. The third-order valence-corrected chi connectivity index (χ3v) is 1.97. The van der Waals surface area contributed by atoms with Crippen LogP contribution in [-0.4, -0.2) is 6.56 Å². The second-order valence-electron chi connectivity index (χ2n) is 0.657. The summed E-state index contributed by atoms with van der Waals surface area (Å²) in [5, 5.41) is 2.06. The molecule has 0 aromatic heterocycles. The van der Waals surface area contributed by atoms with Gasteiger partial charge in [0.05, 0.1) is 0 Å². The van der Waals surface area contributed by atoms with Crippen molar-refractivity contribution in [2.24, 2.45) is 0 Å². The van der Waals surface area contributed by atoms with Gasteiger partial charge in [0.15, 0.2) is 0 Å². The van der Waals surface area contributed by atoms with Gasteiger partial charge in [-0.3, -0.25) is 0 Å². The summed E-state index contributed by atoms with van der Waals surface area (Å²) in [6, 6.07) is 0. The summed E-state index contributed by atoms with van der Waals surface area (Å²) < 4.78 is 0. The monoisotopic (exact) mass is 101 g/mol. The van der Waals surface area contributed by atoms with E-state index in [1.165, 1.54) is 0 Å². The van der Waals surface area contributed by atoms with Crippen molar-refractivity contribution in [3.63, 3.8) is 0 Å². The summed E-state index contributed by atoms with van der Waals surface area (Å²) in [6.45, 7) is 2.06. The highest BCUT2D eigenvalue weighted by molar-refractivity contribution is 8.87. The van der Waals surface area contributed by atoms with Crippen LogP contribution >= 0.6 is 21.4 Å². The molecule has 0 spiro atoms. The highest BCUT2D eigenvalue weighted by atomic mass is 33.1. The lowest BCUT2D eigenvalue weighted by atomic mass is 10.1. The lowest BCUT2D eigenvalue weighted by Crippen LogP contribution is -1.56. The van der Waals surface area contributed by atoms with Gasteiger partial charge < -0.3 is 0 Å². The second kappa shape index (κ2) is 1.83. The molecule has 1 radical (unpaired) electrons. The minimum Gasteiger partial charge on any atom is -0.143 e. The summed E-state index contributed by atoms with van der Waals surface area (Å²) in [6.07, 6.45) is 0. The van der Waals surface area contributed by atoms with E-state index >= 15 is 0 Å². The molecule has 5 heavy (non-hydrogen) atoms. The minimum absolute atomic E-state index is 1.75. The third-order valence-electron chi connectivity index (χ3n) is 0.324. The molecule has 0 fully saturated rings. The molecule has 3 heteroatoms. The Hall–Kier alpha value is 0.505. The molecule has 1 rings (SSSR count). The molecule has 0 unspecified atom stereocenters. The Kier molecular flexibility index (Phi) is 1.35. The summed E-state index contributed by atoms with van der Waals surface area (Å²) >= 11 is 0.